The molecule has 0 radical (unpaired) electrons. The summed E-state index contributed by atoms with van der Waals surface area (Å²) in [5.41, 5.74) is -1.01. The minimum atomic E-state index is -0.702. The summed E-state index contributed by atoms with van der Waals surface area (Å²) < 4.78 is 6.33. The Kier molecular flexibility index (Phi) is 9.16. The van der Waals surface area contributed by atoms with E-state index in [1.807, 2.05) is 11.8 Å². The lowest BCUT2D eigenvalue weighted by Crippen LogP contribution is -2.63. The van der Waals surface area contributed by atoms with Gasteiger partial charge in [-0.3, -0.25) is 24.3 Å². The number of nitrogens with zero attached hydrogens (tertiary/aromatic N) is 2. The fourth-order valence-corrected chi connectivity index (χ4v) is 9.46. The van der Waals surface area contributed by atoms with Crippen LogP contribution in [-0.2, 0) is 19.1 Å². The van der Waals surface area contributed by atoms with E-state index in [1.54, 1.807) is 24.5 Å². The Morgan fingerprint density at radius 3 is 2.70 bits per heavy atom. The molecule has 9 nitrogen and oxygen atoms in total. The van der Waals surface area contributed by atoms with Crippen LogP contribution in [0.25, 0.3) is 0 Å². The first-order valence-electron chi connectivity index (χ1n) is 15.6. The summed E-state index contributed by atoms with van der Waals surface area (Å²) >= 11 is 1.28. The van der Waals surface area contributed by atoms with Gasteiger partial charge >= 0.3 is 5.97 Å². The van der Waals surface area contributed by atoms with E-state index in [1.165, 1.54) is 11.8 Å². The number of ether oxygens (including phenoxy) is 1. The number of pyridine rings is 1. The van der Waals surface area contributed by atoms with Gasteiger partial charge < -0.3 is 20.3 Å². The molecule has 2 bridgehead atoms. The summed E-state index contributed by atoms with van der Waals surface area (Å²) in [7, 11) is 0. The Bertz CT molecular complexity index is 1260. The molecule has 9 atom stereocenters. The highest BCUT2D eigenvalue weighted by atomic mass is 32.2. The van der Waals surface area contributed by atoms with E-state index in [4.69, 9.17) is 4.74 Å². The van der Waals surface area contributed by atoms with Crippen LogP contribution in [0.3, 0.4) is 0 Å². The van der Waals surface area contributed by atoms with Crippen molar-refractivity contribution in [1.82, 2.24) is 9.88 Å². The van der Waals surface area contributed by atoms with Crippen LogP contribution >= 0.6 is 11.8 Å². The predicted octanol–water partition coefficient (Wildman–Crippen LogP) is 4.09. The minimum Gasteiger partial charge on any atom is -0.461 e. The number of hydrogen-bond acceptors (Lipinski definition) is 9. The quantitative estimate of drug-likeness (QED) is 0.226. The molecule has 1 aromatic rings. The van der Waals surface area contributed by atoms with Gasteiger partial charge in [0.25, 0.3) is 0 Å². The highest BCUT2D eigenvalue weighted by molar-refractivity contribution is 8.00. The number of aliphatic hydroxyl groups excluding tert-OH is 2. The lowest BCUT2D eigenvalue weighted by molar-refractivity contribution is -0.205. The summed E-state index contributed by atoms with van der Waals surface area (Å²) in [5, 5.41) is 24.2. The number of carbonyl (C=O) groups excluding carboxylic acids is 3. The van der Waals surface area contributed by atoms with Gasteiger partial charge in [0.15, 0.2) is 0 Å². The van der Waals surface area contributed by atoms with Crippen molar-refractivity contribution in [3.05, 3.63) is 31.1 Å². The van der Waals surface area contributed by atoms with E-state index in [0.717, 1.165) is 19.3 Å². The van der Waals surface area contributed by atoms with Crippen molar-refractivity contribution < 1.29 is 29.3 Å². The summed E-state index contributed by atoms with van der Waals surface area (Å²) in [5.74, 6) is -0.467. The number of aromatic nitrogens is 1. The summed E-state index contributed by atoms with van der Waals surface area (Å²) in [6, 6.07) is 1.78. The molecule has 4 aliphatic rings. The van der Waals surface area contributed by atoms with Crippen molar-refractivity contribution >= 4 is 35.1 Å². The van der Waals surface area contributed by atoms with Crippen molar-refractivity contribution in [3.8, 4) is 0 Å². The van der Waals surface area contributed by atoms with Crippen LogP contribution in [0.5, 0.6) is 0 Å². The average molecular weight is 614 g/mol. The maximum atomic E-state index is 13.6. The first-order valence-corrected chi connectivity index (χ1v) is 16.6. The van der Waals surface area contributed by atoms with E-state index in [9.17, 15) is 24.6 Å². The van der Waals surface area contributed by atoms with Crippen LogP contribution in [0.4, 0.5) is 5.69 Å². The van der Waals surface area contributed by atoms with Gasteiger partial charge in [-0.25, -0.2) is 0 Å². The monoisotopic (exact) mass is 613 g/mol. The molecule has 3 saturated carbocycles. The van der Waals surface area contributed by atoms with Crippen LogP contribution in [0.1, 0.15) is 66.2 Å². The molecule has 2 heterocycles. The second kappa shape index (κ2) is 12.3. The zero-order valence-electron chi connectivity index (χ0n) is 25.9. The molecule has 3 aliphatic carbocycles. The Labute approximate surface area is 259 Å². The number of β-amino-alcohol motifs (C(OH)–C–C–N with tert-alkyl or cyclic N) is 1. The van der Waals surface area contributed by atoms with E-state index >= 15 is 0 Å². The number of ketones is 1. The van der Waals surface area contributed by atoms with Crippen molar-refractivity contribution in [2.24, 2.45) is 34.0 Å². The van der Waals surface area contributed by atoms with Crippen LogP contribution in [0.15, 0.2) is 36.0 Å². The number of thioether (sulfide) groups is 1. The molecule has 10 heteroatoms. The molecule has 1 aliphatic heterocycles. The first-order chi connectivity index (χ1) is 20.3. The third-order valence-corrected chi connectivity index (χ3v) is 12.5. The van der Waals surface area contributed by atoms with Crippen molar-refractivity contribution in [2.75, 3.05) is 30.7 Å². The third-order valence-electron chi connectivity index (χ3n) is 11.5. The van der Waals surface area contributed by atoms with Gasteiger partial charge in [-0.15, -0.1) is 18.3 Å². The van der Waals surface area contributed by atoms with Gasteiger partial charge in [-0.2, -0.15) is 0 Å². The highest BCUT2D eigenvalue weighted by Crippen LogP contribution is 2.68. The zero-order chi connectivity index (χ0) is 31.2. The second-order valence-electron chi connectivity index (χ2n) is 14.0. The van der Waals surface area contributed by atoms with Crippen molar-refractivity contribution in [2.45, 2.75) is 89.4 Å². The number of anilines is 1. The Balaban J connectivity index is 1.30. The van der Waals surface area contributed by atoms with Gasteiger partial charge in [-0.1, -0.05) is 33.8 Å². The molecular formula is C33H47N3O6S. The molecular weight excluding hydrogens is 566 g/mol. The van der Waals surface area contributed by atoms with Crippen molar-refractivity contribution in [3.63, 3.8) is 0 Å². The topological polar surface area (TPSA) is 129 Å². The smallest absolute Gasteiger partial charge is 0.316 e. The van der Waals surface area contributed by atoms with Gasteiger partial charge in [0.2, 0.25) is 5.91 Å². The fourth-order valence-electron chi connectivity index (χ4n) is 8.76. The molecule has 3 N–H and O–H groups in total. The number of hydrogen-bond donors (Lipinski definition) is 3. The normalized spacial score (nSPS) is 39.4. The number of esters is 1. The highest BCUT2D eigenvalue weighted by Gasteiger charge is 2.68. The molecule has 0 spiro atoms. The minimum absolute atomic E-state index is 0.0409. The Morgan fingerprint density at radius 2 is 2.00 bits per heavy atom. The zero-order valence-corrected chi connectivity index (χ0v) is 26.7. The first kappa shape index (κ1) is 32.1. The predicted molar refractivity (Wildman–Crippen MR) is 165 cm³/mol. The number of Topliss-reactive ketones (excluding diaryl/α,β-unsaturated/α-hetero) is 1. The van der Waals surface area contributed by atoms with E-state index < -0.39 is 23.0 Å². The largest absolute Gasteiger partial charge is 0.461 e. The van der Waals surface area contributed by atoms with Gasteiger partial charge in [0.1, 0.15) is 11.9 Å². The SMILES string of the molecule is C=C[C@]1(C)C[C@@H](OC(=O)CSc2cncc(NC(=O)CN3CC[C@H](O)C3)c2)[C@]2(C)[C@H](C)CC[C@]3(CCC(=O)[C@H]32)[C@@H](C)[C@@H]1O. The van der Waals surface area contributed by atoms with Crippen LogP contribution < -0.4 is 5.32 Å². The maximum absolute atomic E-state index is 13.6. The number of amides is 1. The average Bonchev–Trinajstić information content (AvgIpc) is 3.55. The van der Waals surface area contributed by atoms with E-state index in [-0.39, 0.29) is 59.2 Å². The standard InChI is InChI=1S/C33H47N3O6S/c1-6-31(4)14-26(32(5)20(2)7-10-33(21(3)30(31)41)11-8-25(38)29(32)33)42-28(40)19-43-24-13-22(15-34-16-24)35-27(39)18-36-12-9-23(37)17-36/h6,13,15-16,20-21,23,26,29-30,37,41H,1,7-12,14,17-19H2,2-5H3,(H,35,39)/t20-,21+,23+,26-,29+,30+,31-,32+,33+/m1/s1. The lowest BCUT2D eigenvalue weighted by Gasteiger charge is -2.61. The molecule has 0 unspecified atom stereocenters. The van der Waals surface area contributed by atoms with Crippen LogP contribution in [0, 0.1) is 34.0 Å². The molecule has 1 aromatic heterocycles. The number of nitrogens with one attached hydrogen (secondary N) is 1. The molecule has 43 heavy (non-hydrogen) atoms. The number of carbonyl (C=O) groups is 3. The number of likely N-dealkylation sites (tertiary alicyclic amines) is 1. The number of rotatable bonds is 8. The molecule has 5 rings (SSSR count). The third kappa shape index (κ3) is 5.92. The van der Waals surface area contributed by atoms with Crippen LogP contribution in [0.2, 0.25) is 0 Å². The summed E-state index contributed by atoms with van der Waals surface area (Å²) in [6.07, 6.45) is 7.51. The summed E-state index contributed by atoms with van der Waals surface area (Å²) in [6.45, 7) is 13.8. The second-order valence-corrected chi connectivity index (χ2v) is 15.0. The lowest BCUT2D eigenvalue weighted by atomic mass is 9.44. The van der Waals surface area contributed by atoms with E-state index in [2.05, 4.69) is 37.7 Å². The van der Waals surface area contributed by atoms with E-state index in [0.29, 0.717) is 42.9 Å². The van der Waals surface area contributed by atoms with Gasteiger partial charge in [-0.05, 0) is 55.4 Å². The van der Waals surface area contributed by atoms with Crippen molar-refractivity contribution in [1.29, 1.82) is 0 Å². The van der Waals surface area contributed by atoms with Gasteiger partial charge in [0, 0.05) is 47.4 Å². The molecule has 1 amide bonds. The Morgan fingerprint density at radius 1 is 1.23 bits per heavy atom. The Hall–Kier alpha value is -2.27. The summed E-state index contributed by atoms with van der Waals surface area (Å²) in [4.78, 5) is 46.4. The number of aliphatic hydroxyl groups is 2. The molecule has 0 aromatic carbocycles. The molecule has 1 saturated heterocycles. The van der Waals surface area contributed by atoms with Gasteiger partial charge in [0.05, 0.1) is 36.4 Å². The van der Waals surface area contributed by atoms with Crippen LogP contribution in [-0.4, -0.2) is 81.5 Å². The maximum Gasteiger partial charge on any atom is 0.316 e. The fraction of sp³-hybridized carbons (Fsp3) is 0.697. The molecule has 236 valence electrons. The molecule has 4 fully saturated rings.